The molecule has 0 radical (unpaired) electrons. The Labute approximate surface area is 195 Å². The van der Waals surface area contributed by atoms with Gasteiger partial charge in [0.05, 0.1) is 39.9 Å². The van der Waals surface area contributed by atoms with E-state index in [1.165, 1.54) is 19.2 Å². The van der Waals surface area contributed by atoms with E-state index in [2.05, 4.69) is 15.7 Å². The van der Waals surface area contributed by atoms with Crippen LogP contribution in [0.1, 0.15) is 21.7 Å². The number of ether oxygens (including phenoxy) is 2. The fourth-order valence-corrected chi connectivity index (χ4v) is 3.28. The van der Waals surface area contributed by atoms with Gasteiger partial charge in [0.15, 0.2) is 6.61 Å². The van der Waals surface area contributed by atoms with Gasteiger partial charge in [0.1, 0.15) is 5.69 Å². The Kier molecular flexibility index (Phi) is 7.93. The Bertz CT molecular complexity index is 1190. The number of nitrogens with one attached hydrogen (secondary N) is 2. The Hall–Kier alpha value is -4.25. The maximum atomic E-state index is 12.4. The first-order valence-corrected chi connectivity index (χ1v) is 10.4. The van der Waals surface area contributed by atoms with E-state index in [1.807, 2.05) is 37.3 Å². The van der Waals surface area contributed by atoms with Crippen molar-refractivity contribution in [3.63, 3.8) is 0 Å². The fourth-order valence-electron chi connectivity index (χ4n) is 3.28. The Morgan fingerprint density at radius 2 is 1.88 bits per heavy atom. The highest BCUT2D eigenvalue weighted by atomic mass is 16.6. The molecule has 0 saturated carbocycles. The molecule has 0 aliphatic rings. The van der Waals surface area contributed by atoms with Crippen molar-refractivity contribution in [3.05, 3.63) is 75.6 Å². The van der Waals surface area contributed by atoms with Crippen LogP contribution in [0.5, 0.6) is 0 Å². The number of aromatic nitrogens is 2. The number of esters is 1. The highest BCUT2D eigenvalue weighted by Crippen LogP contribution is 2.26. The van der Waals surface area contributed by atoms with Crippen LogP contribution in [0.25, 0.3) is 5.69 Å². The number of para-hydroxylation sites is 1. The molecule has 0 unspecified atom stereocenters. The zero-order valence-electron chi connectivity index (χ0n) is 19.0. The summed E-state index contributed by atoms with van der Waals surface area (Å²) in [6, 6.07) is 13.4. The summed E-state index contributed by atoms with van der Waals surface area (Å²) in [5, 5.41) is 21.4. The van der Waals surface area contributed by atoms with Crippen molar-refractivity contribution < 1.29 is 24.0 Å². The quantitative estimate of drug-likeness (QED) is 0.201. The lowest BCUT2D eigenvalue weighted by Gasteiger charge is -2.09. The molecule has 11 nitrogen and oxygen atoms in total. The number of methoxy groups -OCH3 is 1. The number of benzene rings is 2. The summed E-state index contributed by atoms with van der Waals surface area (Å²) in [6.07, 6.45) is 0. The highest BCUT2D eigenvalue weighted by Gasteiger charge is 2.20. The van der Waals surface area contributed by atoms with Crippen LogP contribution >= 0.6 is 0 Å². The Morgan fingerprint density at radius 1 is 1.15 bits per heavy atom. The van der Waals surface area contributed by atoms with Crippen LogP contribution in [0, 0.1) is 24.0 Å². The highest BCUT2D eigenvalue weighted by molar-refractivity contribution is 5.96. The molecule has 0 fully saturated rings. The number of amides is 1. The molecule has 1 aromatic heterocycles. The summed E-state index contributed by atoms with van der Waals surface area (Å²) >= 11 is 0. The molecule has 0 aliphatic carbocycles. The van der Waals surface area contributed by atoms with Gasteiger partial charge in [-0.25, -0.2) is 9.48 Å². The molecular weight excluding hydrogens is 442 g/mol. The molecule has 2 N–H and O–H groups in total. The van der Waals surface area contributed by atoms with Crippen LogP contribution < -0.4 is 10.6 Å². The molecule has 0 bridgehead atoms. The maximum absolute atomic E-state index is 12.4. The molecule has 178 valence electrons. The summed E-state index contributed by atoms with van der Waals surface area (Å²) in [7, 11) is 1.52. The molecule has 3 rings (SSSR count). The van der Waals surface area contributed by atoms with Crippen molar-refractivity contribution in [2.45, 2.75) is 13.8 Å². The average Bonchev–Trinajstić information content (AvgIpc) is 3.11. The van der Waals surface area contributed by atoms with E-state index >= 15 is 0 Å². The van der Waals surface area contributed by atoms with E-state index in [0.717, 1.165) is 17.4 Å². The second-order valence-corrected chi connectivity index (χ2v) is 7.33. The van der Waals surface area contributed by atoms with E-state index in [0.29, 0.717) is 24.5 Å². The third-order valence-electron chi connectivity index (χ3n) is 4.94. The predicted molar refractivity (Wildman–Crippen MR) is 125 cm³/mol. The third kappa shape index (κ3) is 5.75. The molecule has 0 aliphatic heterocycles. The van der Waals surface area contributed by atoms with E-state index in [4.69, 9.17) is 9.47 Å². The molecule has 0 saturated heterocycles. The SMILES string of the molecule is COCCNc1ccc(C(=O)OCC(=O)Nc2c(C)nn(-c3ccccc3)c2C)cc1[N+](=O)[O-]. The molecule has 2 aromatic carbocycles. The fraction of sp³-hybridized carbons (Fsp3) is 0.261. The lowest BCUT2D eigenvalue weighted by molar-refractivity contribution is -0.384. The van der Waals surface area contributed by atoms with Gasteiger partial charge in [-0.1, -0.05) is 18.2 Å². The number of hydrogen-bond acceptors (Lipinski definition) is 8. The van der Waals surface area contributed by atoms with E-state index in [-0.39, 0.29) is 16.9 Å². The molecular formula is C23H25N5O6. The van der Waals surface area contributed by atoms with E-state index in [1.54, 1.807) is 11.6 Å². The van der Waals surface area contributed by atoms with Crippen molar-refractivity contribution >= 4 is 28.9 Å². The van der Waals surface area contributed by atoms with Gasteiger partial charge < -0.3 is 20.1 Å². The second kappa shape index (κ2) is 11.1. The van der Waals surface area contributed by atoms with Gasteiger partial charge in [-0.3, -0.25) is 14.9 Å². The van der Waals surface area contributed by atoms with Crippen LogP contribution in [0.2, 0.25) is 0 Å². The van der Waals surface area contributed by atoms with Gasteiger partial charge >= 0.3 is 5.97 Å². The smallest absolute Gasteiger partial charge is 0.338 e. The first-order chi connectivity index (χ1) is 16.3. The first kappa shape index (κ1) is 24.4. The van der Waals surface area contributed by atoms with Crippen LogP contribution in [0.4, 0.5) is 17.1 Å². The van der Waals surface area contributed by atoms with E-state index < -0.39 is 23.4 Å². The van der Waals surface area contributed by atoms with Crippen molar-refractivity contribution in [3.8, 4) is 5.69 Å². The standard InChI is InChI=1S/C23H25N5O6/c1-15-22(16(2)27(26-15)18-7-5-4-6-8-18)25-21(29)14-34-23(30)17-9-10-19(24-11-12-33-3)20(13-17)28(31)32/h4-10,13,24H,11-12,14H2,1-3H3,(H,25,29). The maximum Gasteiger partial charge on any atom is 0.338 e. The predicted octanol–water partition coefficient (Wildman–Crippen LogP) is 3.25. The Morgan fingerprint density at radius 3 is 2.56 bits per heavy atom. The summed E-state index contributed by atoms with van der Waals surface area (Å²) in [5.41, 5.74) is 2.61. The topological polar surface area (TPSA) is 138 Å². The molecule has 3 aromatic rings. The molecule has 34 heavy (non-hydrogen) atoms. The second-order valence-electron chi connectivity index (χ2n) is 7.33. The van der Waals surface area contributed by atoms with E-state index in [9.17, 15) is 19.7 Å². The Balaban J connectivity index is 1.64. The molecule has 1 heterocycles. The number of aryl methyl sites for hydroxylation is 1. The molecule has 1 amide bonds. The molecule has 11 heteroatoms. The first-order valence-electron chi connectivity index (χ1n) is 10.4. The lowest BCUT2D eigenvalue weighted by Crippen LogP contribution is -2.21. The van der Waals surface area contributed by atoms with Crippen LogP contribution in [0.3, 0.4) is 0 Å². The van der Waals surface area contributed by atoms with Crippen molar-refractivity contribution in [2.75, 3.05) is 37.5 Å². The minimum atomic E-state index is -0.852. The molecule has 0 spiro atoms. The van der Waals surface area contributed by atoms with Crippen molar-refractivity contribution in [1.29, 1.82) is 0 Å². The van der Waals surface area contributed by atoms with Crippen molar-refractivity contribution in [1.82, 2.24) is 9.78 Å². The zero-order valence-corrected chi connectivity index (χ0v) is 19.0. The summed E-state index contributed by atoms with van der Waals surface area (Å²) in [4.78, 5) is 35.6. The minimum absolute atomic E-state index is 0.0407. The normalized spacial score (nSPS) is 10.6. The average molecular weight is 467 g/mol. The number of nitrogens with zero attached hydrogens (tertiary/aromatic N) is 3. The molecule has 0 atom stereocenters. The lowest BCUT2D eigenvalue weighted by atomic mass is 10.1. The van der Waals surface area contributed by atoms with Crippen molar-refractivity contribution in [2.24, 2.45) is 0 Å². The summed E-state index contributed by atoms with van der Waals surface area (Å²) in [5.74, 6) is -1.41. The minimum Gasteiger partial charge on any atom is -0.452 e. The van der Waals surface area contributed by atoms with Gasteiger partial charge in [-0.05, 0) is 38.1 Å². The van der Waals surface area contributed by atoms with Crippen LogP contribution in [-0.2, 0) is 14.3 Å². The number of nitro groups is 1. The number of rotatable bonds is 10. The van der Waals surface area contributed by atoms with Gasteiger partial charge in [0.2, 0.25) is 0 Å². The third-order valence-corrected chi connectivity index (χ3v) is 4.94. The number of nitro benzene ring substituents is 1. The van der Waals surface area contributed by atoms with Crippen LogP contribution in [0.15, 0.2) is 48.5 Å². The number of carbonyl (C=O) groups excluding carboxylic acids is 2. The summed E-state index contributed by atoms with van der Waals surface area (Å²) < 4.78 is 11.7. The number of hydrogen-bond donors (Lipinski definition) is 2. The monoisotopic (exact) mass is 467 g/mol. The van der Waals surface area contributed by atoms with Crippen LogP contribution in [-0.4, -0.2) is 53.4 Å². The zero-order chi connectivity index (χ0) is 24.7. The van der Waals surface area contributed by atoms with Gasteiger partial charge in [-0.2, -0.15) is 5.10 Å². The van der Waals surface area contributed by atoms with Gasteiger partial charge in [0, 0.05) is 19.7 Å². The summed E-state index contributed by atoms with van der Waals surface area (Å²) in [6.45, 7) is 3.74. The number of carbonyl (C=O) groups is 2. The number of anilines is 2. The van der Waals surface area contributed by atoms with Gasteiger partial charge in [-0.15, -0.1) is 0 Å². The van der Waals surface area contributed by atoms with Gasteiger partial charge in [0.25, 0.3) is 11.6 Å². The largest absolute Gasteiger partial charge is 0.452 e.